The van der Waals surface area contributed by atoms with Gasteiger partial charge in [-0.15, -0.1) is 24.0 Å². The van der Waals surface area contributed by atoms with E-state index in [0.717, 1.165) is 36.4 Å². The second kappa shape index (κ2) is 10.5. The molecule has 1 saturated carbocycles. The zero-order valence-corrected chi connectivity index (χ0v) is 21.0. The summed E-state index contributed by atoms with van der Waals surface area (Å²) < 4.78 is 2.15. The highest BCUT2D eigenvalue weighted by Gasteiger charge is 2.44. The fourth-order valence-corrected chi connectivity index (χ4v) is 3.99. The van der Waals surface area contributed by atoms with Crippen LogP contribution in [-0.4, -0.2) is 29.1 Å². The van der Waals surface area contributed by atoms with Gasteiger partial charge in [0.15, 0.2) is 5.96 Å². The Kier molecular flexibility index (Phi) is 8.00. The Balaban J connectivity index is 0.00000272. The molecular formula is C24H29ClIN5. The number of nitrogens with zero attached hydrogens (tertiary/aromatic N) is 3. The SMILES string of the molecule is CN=C(NCc1cccc(Cn2ccnc2C)c1)NCC1(c2cccc(Cl)c2)CC1.I. The molecule has 0 atom stereocenters. The first-order valence-electron chi connectivity index (χ1n) is 10.3. The molecule has 1 aromatic heterocycles. The van der Waals surface area contributed by atoms with Crippen LogP contribution < -0.4 is 10.6 Å². The predicted molar refractivity (Wildman–Crippen MR) is 138 cm³/mol. The summed E-state index contributed by atoms with van der Waals surface area (Å²) in [5, 5.41) is 7.74. The Morgan fingerprint density at radius 1 is 1.13 bits per heavy atom. The standard InChI is InChI=1S/C24H28ClN5.HI/c1-18-27-11-12-30(18)16-20-6-3-5-19(13-20)15-28-23(26-2)29-17-24(9-10-24)21-7-4-8-22(25)14-21;/h3-8,11-14H,9-10,15-17H2,1-2H3,(H2,26,28,29);1H. The lowest BCUT2D eigenvalue weighted by Crippen LogP contribution is -2.40. The second-order valence-electron chi connectivity index (χ2n) is 7.99. The number of aryl methyl sites for hydroxylation is 1. The van der Waals surface area contributed by atoms with Crippen LogP contribution in [0.15, 0.2) is 65.9 Å². The number of aliphatic imine (C=N–C) groups is 1. The normalized spacial score (nSPS) is 14.6. The molecule has 1 aliphatic rings. The molecule has 7 heteroatoms. The number of nitrogens with one attached hydrogen (secondary N) is 2. The first-order valence-corrected chi connectivity index (χ1v) is 10.7. The number of aromatic nitrogens is 2. The highest BCUT2D eigenvalue weighted by Crippen LogP contribution is 2.48. The molecule has 0 saturated heterocycles. The molecule has 2 aromatic carbocycles. The Bertz CT molecular complexity index is 1040. The van der Waals surface area contributed by atoms with E-state index in [0.29, 0.717) is 0 Å². The summed E-state index contributed by atoms with van der Waals surface area (Å²) in [6.07, 6.45) is 6.20. The first-order chi connectivity index (χ1) is 14.6. The molecular weight excluding hydrogens is 521 g/mol. The van der Waals surface area contributed by atoms with Crippen molar-refractivity contribution in [2.45, 2.75) is 38.3 Å². The van der Waals surface area contributed by atoms with E-state index in [1.165, 1.54) is 29.5 Å². The van der Waals surface area contributed by atoms with E-state index < -0.39 is 0 Å². The highest BCUT2D eigenvalue weighted by atomic mass is 127. The number of benzene rings is 2. The number of hydrogen-bond donors (Lipinski definition) is 2. The molecule has 0 bridgehead atoms. The molecule has 5 nitrogen and oxygen atoms in total. The summed E-state index contributed by atoms with van der Waals surface area (Å²) in [5.74, 6) is 1.84. The van der Waals surface area contributed by atoms with E-state index in [9.17, 15) is 0 Å². The van der Waals surface area contributed by atoms with Crippen LogP contribution in [0.4, 0.5) is 0 Å². The maximum absolute atomic E-state index is 6.19. The summed E-state index contributed by atoms with van der Waals surface area (Å²) >= 11 is 6.19. The van der Waals surface area contributed by atoms with Gasteiger partial charge in [0.25, 0.3) is 0 Å². The second-order valence-corrected chi connectivity index (χ2v) is 8.43. The molecule has 0 aliphatic heterocycles. The molecule has 1 aliphatic carbocycles. The summed E-state index contributed by atoms with van der Waals surface area (Å²) in [4.78, 5) is 8.69. The number of guanidine groups is 1. The molecule has 0 amide bonds. The molecule has 3 aromatic rings. The van der Waals surface area contributed by atoms with Gasteiger partial charge >= 0.3 is 0 Å². The van der Waals surface area contributed by atoms with E-state index >= 15 is 0 Å². The van der Waals surface area contributed by atoms with Crippen LogP contribution in [0.1, 0.15) is 35.4 Å². The number of rotatable bonds is 7. The molecule has 4 rings (SSSR count). The van der Waals surface area contributed by atoms with Crippen molar-refractivity contribution in [3.63, 3.8) is 0 Å². The molecule has 31 heavy (non-hydrogen) atoms. The van der Waals surface area contributed by atoms with Crippen molar-refractivity contribution < 1.29 is 0 Å². The van der Waals surface area contributed by atoms with Gasteiger partial charge in [0.2, 0.25) is 0 Å². The molecule has 2 N–H and O–H groups in total. The molecule has 0 unspecified atom stereocenters. The van der Waals surface area contributed by atoms with Crippen LogP contribution in [0.3, 0.4) is 0 Å². The van der Waals surface area contributed by atoms with Crippen molar-refractivity contribution in [2.24, 2.45) is 4.99 Å². The minimum Gasteiger partial charge on any atom is -0.356 e. The van der Waals surface area contributed by atoms with Gasteiger partial charge in [-0.1, -0.05) is 48.0 Å². The van der Waals surface area contributed by atoms with E-state index in [1.54, 1.807) is 0 Å². The highest BCUT2D eigenvalue weighted by molar-refractivity contribution is 14.0. The van der Waals surface area contributed by atoms with Gasteiger partial charge in [0.05, 0.1) is 0 Å². The summed E-state index contributed by atoms with van der Waals surface area (Å²) in [5.41, 5.74) is 3.96. The lowest BCUT2D eigenvalue weighted by atomic mass is 9.96. The van der Waals surface area contributed by atoms with E-state index in [-0.39, 0.29) is 29.4 Å². The zero-order chi connectivity index (χ0) is 21.0. The molecule has 0 spiro atoms. The molecule has 0 radical (unpaired) electrons. The van der Waals surface area contributed by atoms with Gasteiger partial charge in [-0.3, -0.25) is 4.99 Å². The van der Waals surface area contributed by atoms with Gasteiger partial charge in [-0.05, 0) is 48.6 Å². The van der Waals surface area contributed by atoms with E-state index in [1.807, 2.05) is 38.5 Å². The molecule has 164 valence electrons. The minimum absolute atomic E-state index is 0. The number of hydrogen-bond acceptors (Lipinski definition) is 2. The van der Waals surface area contributed by atoms with Crippen LogP contribution in [0.25, 0.3) is 0 Å². The third-order valence-corrected chi connectivity index (χ3v) is 6.07. The number of imidazole rings is 1. The Labute approximate surface area is 206 Å². The first kappa shape index (κ1) is 23.6. The van der Waals surface area contributed by atoms with Crippen molar-refractivity contribution in [3.05, 3.63) is 88.5 Å². The largest absolute Gasteiger partial charge is 0.356 e. The number of halogens is 2. The van der Waals surface area contributed by atoms with Crippen molar-refractivity contribution in [1.29, 1.82) is 0 Å². The lowest BCUT2D eigenvalue weighted by molar-refractivity contribution is 0.645. The Hall–Kier alpha value is -2.06. The zero-order valence-electron chi connectivity index (χ0n) is 17.9. The van der Waals surface area contributed by atoms with E-state index in [2.05, 4.69) is 61.6 Å². The summed E-state index contributed by atoms with van der Waals surface area (Å²) in [6, 6.07) is 16.8. The average molecular weight is 550 g/mol. The smallest absolute Gasteiger partial charge is 0.191 e. The Morgan fingerprint density at radius 2 is 1.90 bits per heavy atom. The van der Waals surface area contributed by atoms with Crippen LogP contribution in [0.2, 0.25) is 5.02 Å². The van der Waals surface area contributed by atoms with Crippen molar-refractivity contribution in [3.8, 4) is 0 Å². The summed E-state index contributed by atoms with van der Waals surface area (Å²) in [6.45, 7) is 4.43. The van der Waals surface area contributed by atoms with Gasteiger partial charge in [-0.2, -0.15) is 0 Å². The molecule has 1 heterocycles. The van der Waals surface area contributed by atoms with Crippen LogP contribution in [-0.2, 0) is 18.5 Å². The molecule has 1 fully saturated rings. The lowest BCUT2D eigenvalue weighted by Gasteiger charge is -2.19. The van der Waals surface area contributed by atoms with Crippen LogP contribution in [0.5, 0.6) is 0 Å². The van der Waals surface area contributed by atoms with Gasteiger partial charge in [0.1, 0.15) is 5.82 Å². The van der Waals surface area contributed by atoms with Crippen molar-refractivity contribution in [1.82, 2.24) is 20.2 Å². The van der Waals surface area contributed by atoms with Gasteiger partial charge < -0.3 is 15.2 Å². The fourth-order valence-electron chi connectivity index (χ4n) is 3.80. The third-order valence-electron chi connectivity index (χ3n) is 5.84. The monoisotopic (exact) mass is 549 g/mol. The fraction of sp³-hybridized carbons (Fsp3) is 0.333. The minimum atomic E-state index is 0. The third kappa shape index (κ3) is 6.01. The van der Waals surface area contributed by atoms with Crippen molar-refractivity contribution in [2.75, 3.05) is 13.6 Å². The van der Waals surface area contributed by atoms with Gasteiger partial charge in [-0.25, -0.2) is 4.98 Å². The predicted octanol–water partition coefficient (Wildman–Crippen LogP) is 4.91. The quantitative estimate of drug-likeness (QED) is 0.250. The average Bonchev–Trinajstić information content (AvgIpc) is 3.45. The van der Waals surface area contributed by atoms with Crippen LogP contribution in [0, 0.1) is 6.92 Å². The maximum Gasteiger partial charge on any atom is 0.191 e. The van der Waals surface area contributed by atoms with Crippen molar-refractivity contribution >= 4 is 41.5 Å². The van der Waals surface area contributed by atoms with E-state index in [4.69, 9.17) is 11.6 Å². The Morgan fingerprint density at radius 3 is 2.58 bits per heavy atom. The maximum atomic E-state index is 6.19. The van der Waals surface area contributed by atoms with Gasteiger partial charge in [0, 0.05) is 49.5 Å². The topological polar surface area (TPSA) is 54.2 Å². The summed E-state index contributed by atoms with van der Waals surface area (Å²) in [7, 11) is 1.81. The van der Waals surface area contributed by atoms with Crippen LogP contribution >= 0.6 is 35.6 Å².